The fourth-order valence-corrected chi connectivity index (χ4v) is 3.07. The summed E-state index contributed by atoms with van der Waals surface area (Å²) in [5.74, 6) is 0. The maximum absolute atomic E-state index is 11.8. The first-order valence-electron chi connectivity index (χ1n) is 7.80. The summed E-state index contributed by atoms with van der Waals surface area (Å²) in [6.45, 7) is 3.03. The van der Waals surface area contributed by atoms with E-state index in [4.69, 9.17) is 0 Å². The number of nitrogens with zero attached hydrogens (tertiary/aromatic N) is 2. The Labute approximate surface area is 129 Å². The molecule has 116 valence electrons. The third-order valence-corrected chi connectivity index (χ3v) is 4.36. The van der Waals surface area contributed by atoms with E-state index in [1.54, 1.807) is 10.8 Å². The van der Waals surface area contributed by atoms with Gasteiger partial charge < -0.3 is 4.90 Å². The first-order chi connectivity index (χ1) is 10.7. The van der Waals surface area contributed by atoms with Crippen LogP contribution in [0.4, 0.5) is 0 Å². The second-order valence-electron chi connectivity index (χ2n) is 5.83. The van der Waals surface area contributed by atoms with Gasteiger partial charge in [-0.15, -0.1) is 0 Å². The van der Waals surface area contributed by atoms with Crippen LogP contribution in [0.3, 0.4) is 0 Å². The van der Waals surface area contributed by atoms with Crippen molar-refractivity contribution in [1.82, 2.24) is 14.5 Å². The minimum atomic E-state index is -0.332. The lowest BCUT2D eigenvalue weighted by molar-refractivity contribution is 0.185. The summed E-state index contributed by atoms with van der Waals surface area (Å²) in [7, 11) is 0. The number of piperidine rings is 1. The van der Waals surface area contributed by atoms with Gasteiger partial charge in [0.15, 0.2) is 0 Å². The number of aromatic nitrogens is 2. The van der Waals surface area contributed by atoms with Gasteiger partial charge in [-0.05, 0) is 24.8 Å². The zero-order valence-corrected chi connectivity index (χ0v) is 12.6. The molecule has 1 aliphatic rings. The average Bonchev–Trinajstić information content (AvgIpc) is 2.55. The minimum Gasteiger partial charge on any atom is -0.303 e. The van der Waals surface area contributed by atoms with Crippen LogP contribution in [-0.4, -0.2) is 34.1 Å². The molecule has 22 heavy (non-hydrogen) atoms. The van der Waals surface area contributed by atoms with Crippen LogP contribution in [0.25, 0.3) is 0 Å². The largest absolute Gasteiger partial charge is 0.328 e. The summed E-state index contributed by atoms with van der Waals surface area (Å²) < 4.78 is 1.66. The number of hydrogen-bond donors (Lipinski definition) is 1. The number of nitrogens with one attached hydrogen (secondary N) is 1. The Hall–Kier alpha value is -2.14. The smallest absolute Gasteiger partial charge is 0.303 e. The van der Waals surface area contributed by atoms with E-state index in [0.29, 0.717) is 0 Å². The highest BCUT2D eigenvalue weighted by atomic mass is 16.2. The monoisotopic (exact) mass is 299 g/mol. The van der Waals surface area contributed by atoms with Gasteiger partial charge in [0.1, 0.15) is 0 Å². The zero-order valence-electron chi connectivity index (χ0n) is 12.6. The molecule has 2 heterocycles. The summed E-state index contributed by atoms with van der Waals surface area (Å²) in [6, 6.07) is 12.1. The van der Waals surface area contributed by atoms with E-state index < -0.39 is 0 Å². The van der Waals surface area contributed by atoms with Gasteiger partial charge in [-0.25, -0.2) is 4.79 Å². The van der Waals surface area contributed by atoms with Gasteiger partial charge in [0, 0.05) is 37.9 Å². The van der Waals surface area contributed by atoms with Crippen molar-refractivity contribution in [3.63, 3.8) is 0 Å². The lowest BCUT2D eigenvalue weighted by Gasteiger charge is -2.32. The molecule has 0 atom stereocenters. The second kappa shape index (κ2) is 6.75. The SMILES string of the molecule is O=c1ccn(C2CCN(CCc3ccccc3)CC2)c(=O)[nH]1. The van der Waals surface area contributed by atoms with Crippen LogP contribution in [0.1, 0.15) is 24.4 Å². The van der Waals surface area contributed by atoms with E-state index in [0.717, 1.165) is 38.9 Å². The Morgan fingerprint density at radius 2 is 1.77 bits per heavy atom. The Balaban J connectivity index is 1.54. The average molecular weight is 299 g/mol. The van der Waals surface area contributed by atoms with Crippen LogP contribution in [0, 0.1) is 0 Å². The van der Waals surface area contributed by atoms with Gasteiger partial charge >= 0.3 is 5.69 Å². The molecule has 1 fully saturated rings. The molecule has 1 aromatic carbocycles. The molecule has 0 amide bonds. The summed E-state index contributed by atoms with van der Waals surface area (Å²) in [5.41, 5.74) is 0.735. The van der Waals surface area contributed by atoms with Gasteiger partial charge in [-0.3, -0.25) is 14.3 Å². The topological polar surface area (TPSA) is 58.1 Å². The van der Waals surface area contributed by atoms with Crippen molar-refractivity contribution in [3.8, 4) is 0 Å². The second-order valence-corrected chi connectivity index (χ2v) is 5.83. The molecule has 0 saturated carbocycles. The molecule has 1 saturated heterocycles. The molecule has 0 bridgehead atoms. The molecule has 0 unspecified atom stereocenters. The predicted molar refractivity (Wildman–Crippen MR) is 86.2 cm³/mol. The van der Waals surface area contributed by atoms with Gasteiger partial charge in [-0.2, -0.15) is 0 Å². The summed E-state index contributed by atoms with van der Waals surface area (Å²) in [6.07, 6.45) is 4.57. The van der Waals surface area contributed by atoms with Gasteiger partial charge in [0.25, 0.3) is 5.56 Å². The molecule has 0 aliphatic carbocycles. The van der Waals surface area contributed by atoms with Gasteiger partial charge in [0.05, 0.1) is 0 Å². The number of rotatable bonds is 4. The van der Waals surface area contributed by atoms with Crippen LogP contribution < -0.4 is 11.2 Å². The Bertz CT molecular complexity index is 712. The molecule has 1 N–H and O–H groups in total. The summed E-state index contributed by atoms with van der Waals surface area (Å²) in [5, 5.41) is 0. The molecular formula is C17H21N3O2. The minimum absolute atomic E-state index is 0.192. The Morgan fingerprint density at radius 3 is 2.45 bits per heavy atom. The van der Waals surface area contributed by atoms with Crippen molar-refractivity contribution < 1.29 is 0 Å². The van der Waals surface area contributed by atoms with Crippen molar-refractivity contribution >= 4 is 0 Å². The first-order valence-corrected chi connectivity index (χ1v) is 7.80. The number of likely N-dealkylation sites (tertiary alicyclic amines) is 1. The van der Waals surface area contributed by atoms with E-state index in [2.05, 4.69) is 34.1 Å². The molecule has 0 radical (unpaired) electrons. The van der Waals surface area contributed by atoms with E-state index in [1.807, 2.05) is 6.07 Å². The van der Waals surface area contributed by atoms with Crippen molar-refractivity contribution in [2.45, 2.75) is 25.3 Å². The molecule has 3 rings (SSSR count). The van der Waals surface area contributed by atoms with Crippen molar-refractivity contribution in [2.24, 2.45) is 0 Å². The van der Waals surface area contributed by atoms with Crippen LogP contribution >= 0.6 is 0 Å². The zero-order chi connectivity index (χ0) is 15.4. The number of aromatic amines is 1. The van der Waals surface area contributed by atoms with Gasteiger partial charge in [0.2, 0.25) is 0 Å². The third-order valence-electron chi connectivity index (χ3n) is 4.36. The maximum atomic E-state index is 11.8. The molecule has 5 heteroatoms. The van der Waals surface area contributed by atoms with Crippen LogP contribution in [0.5, 0.6) is 0 Å². The highest BCUT2D eigenvalue weighted by Gasteiger charge is 2.20. The molecule has 1 aliphatic heterocycles. The fourth-order valence-electron chi connectivity index (χ4n) is 3.07. The lowest BCUT2D eigenvalue weighted by Crippen LogP contribution is -2.39. The van der Waals surface area contributed by atoms with Crippen molar-refractivity contribution in [3.05, 3.63) is 69.0 Å². The number of benzene rings is 1. The number of hydrogen-bond acceptors (Lipinski definition) is 3. The lowest BCUT2D eigenvalue weighted by atomic mass is 10.0. The molecule has 5 nitrogen and oxygen atoms in total. The third kappa shape index (κ3) is 3.54. The van der Waals surface area contributed by atoms with Crippen molar-refractivity contribution in [2.75, 3.05) is 19.6 Å². The van der Waals surface area contributed by atoms with E-state index >= 15 is 0 Å². The normalized spacial score (nSPS) is 16.7. The van der Waals surface area contributed by atoms with Gasteiger partial charge in [-0.1, -0.05) is 30.3 Å². The van der Waals surface area contributed by atoms with E-state index in [9.17, 15) is 9.59 Å². The molecule has 1 aromatic heterocycles. The quantitative estimate of drug-likeness (QED) is 0.929. The summed E-state index contributed by atoms with van der Waals surface area (Å²) in [4.78, 5) is 27.7. The Kier molecular flexibility index (Phi) is 4.53. The standard InChI is InChI=1S/C17H21N3O2/c21-16-9-13-20(17(22)18-16)15-7-11-19(12-8-15)10-6-14-4-2-1-3-5-14/h1-5,9,13,15H,6-8,10-12H2,(H,18,21,22). The molecule has 2 aromatic rings. The molecular weight excluding hydrogens is 278 g/mol. The first kappa shape index (κ1) is 14.8. The Morgan fingerprint density at radius 1 is 1.05 bits per heavy atom. The van der Waals surface area contributed by atoms with Crippen LogP contribution in [0.15, 0.2) is 52.2 Å². The van der Waals surface area contributed by atoms with Crippen LogP contribution in [-0.2, 0) is 6.42 Å². The predicted octanol–water partition coefficient (Wildman–Crippen LogP) is 1.42. The highest BCUT2D eigenvalue weighted by Crippen LogP contribution is 2.20. The van der Waals surface area contributed by atoms with Crippen LogP contribution in [0.2, 0.25) is 0 Å². The number of H-pyrrole nitrogens is 1. The van der Waals surface area contributed by atoms with Crippen molar-refractivity contribution in [1.29, 1.82) is 0 Å². The molecule has 0 spiro atoms. The van der Waals surface area contributed by atoms with E-state index in [-0.39, 0.29) is 17.3 Å². The summed E-state index contributed by atoms with van der Waals surface area (Å²) >= 11 is 0. The maximum Gasteiger partial charge on any atom is 0.328 e. The fraction of sp³-hybridized carbons (Fsp3) is 0.412. The highest BCUT2D eigenvalue weighted by molar-refractivity contribution is 5.14. The van der Waals surface area contributed by atoms with E-state index in [1.165, 1.54) is 11.6 Å².